The number of aliphatic hydroxyl groups excluding tert-OH is 1. The van der Waals surface area contributed by atoms with Gasteiger partial charge < -0.3 is 10.4 Å². The first kappa shape index (κ1) is 15.3. The molecule has 2 aromatic rings. The maximum Gasteiger partial charge on any atom is 0.251 e. The van der Waals surface area contributed by atoms with E-state index in [9.17, 15) is 4.79 Å². The van der Waals surface area contributed by atoms with Crippen LogP contribution in [0.1, 0.15) is 33.3 Å². The van der Waals surface area contributed by atoms with E-state index in [4.69, 9.17) is 5.11 Å². The third kappa shape index (κ3) is 4.19. The summed E-state index contributed by atoms with van der Waals surface area (Å²) in [7, 11) is 0. The second-order valence-corrected chi connectivity index (χ2v) is 5.45. The molecule has 0 saturated heterocycles. The number of aryl methyl sites for hydroxylation is 1. The van der Waals surface area contributed by atoms with Crippen LogP contribution in [0.4, 0.5) is 0 Å². The van der Waals surface area contributed by atoms with Crippen LogP contribution in [0.15, 0.2) is 35.7 Å². The highest BCUT2D eigenvalue weighted by Gasteiger charge is 2.09. The predicted octanol–water partition coefficient (Wildman–Crippen LogP) is 2.58. The van der Waals surface area contributed by atoms with E-state index < -0.39 is 0 Å². The lowest BCUT2D eigenvalue weighted by atomic mass is 10.0. The third-order valence-corrected chi connectivity index (χ3v) is 3.97. The van der Waals surface area contributed by atoms with Crippen molar-refractivity contribution in [1.29, 1.82) is 0 Å². The molecular formula is C17H17NO2S. The lowest BCUT2D eigenvalue weighted by Crippen LogP contribution is -2.23. The Morgan fingerprint density at radius 3 is 2.95 bits per heavy atom. The molecule has 4 heteroatoms. The van der Waals surface area contributed by atoms with Gasteiger partial charge in [0.2, 0.25) is 0 Å². The lowest BCUT2D eigenvalue weighted by molar-refractivity contribution is 0.0950. The Morgan fingerprint density at radius 2 is 2.19 bits per heavy atom. The van der Waals surface area contributed by atoms with Gasteiger partial charge >= 0.3 is 0 Å². The molecule has 0 unspecified atom stereocenters. The van der Waals surface area contributed by atoms with Gasteiger partial charge in [0.05, 0.1) is 6.54 Å². The van der Waals surface area contributed by atoms with E-state index in [1.807, 2.05) is 42.6 Å². The zero-order valence-corrected chi connectivity index (χ0v) is 12.7. The smallest absolute Gasteiger partial charge is 0.251 e. The number of rotatable bonds is 4. The van der Waals surface area contributed by atoms with E-state index >= 15 is 0 Å². The van der Waals surface area contributed by atoms with Crippen LogP contribution in [0.3, 0.4) is 0 Å². The van der Waals surface area contributed by atoms with Crippen LogP contribution in [-0.4, -0.2) is 17.6 Å². The summed E-state index contributed by atoms with van der Waals surface area (Å²) in [6, 6.07) is 9.57. The largest absolute Gasteiger partial charge is 0.384 e. The highest BCUT2D eigenvalue weighted by molar-refractivity contribution is 7.10. The molecule has 0 aliphatic rings. The van der Waals surface area contributed by atoms with Gasteiger partial charge in [-0.3, -0.25) is 4.79 Å². The molecule has 0 radical (unpaired) electrons. The van der Waals surface area contributed by atoms with Gasteiger partial charge in [0.1, 0.15) is 6.61 Å². The number of hydrogen-bond donors (Lipinski definition) is 2. The van der Waals surface area contributed by atoms with E-state index in [0.717, 1.165) is 28.0 Å². The molecule has 0 aliphatic carbocycles. The molecular weight excluding hydrogens is 282 g/mol. The summed E-state index contributed by atoms with van der Waals surface area (Å²) in [5, 5.41) is 13.5. The highest BCUT2D eigenvalue weighted by atomic mass is 32.1. The van der Waals surface area contributed by atoms with Crippen LogP contribution in [0.5, 0.6) is 0 Å². The van der Waals surface area contributed by atoms with E-state index in [-0.39, 0.29) is 12.5 Å². The van der Waals surface area contributed by atoms with Crippen LogP contribution in [0.25, 0.3) is 0 Å². The average molecular weight is 299 g/mol. The Kier molecular flexibility index (Phi) is 5.56. The molecule has 2 rings (SSSR count). The first-order valence-corrected chi connectivity index (χ1v) is 7.65. The van der Waals surface area contributed by atoms with Crippen molar-refractivity contribution in [2.24, 2.45) is 0 Å². The number of benzene rings is 1. The summed E-state index contributed by atoms with van der Waals surface area (Å²) in [5.41, 5.74) is 2.65. The van der Waals surface area contributed by atoms with Crippen LogP contribution in [-0.2, 0) is 13.0 Å². The number of aliphatic hydroxyl groups is 1. The van der Waals surface area contributed by atoms with Crippen molar-refractivity contribution in [2.75, 3.05) is 6.61 Å². The quantitative estimate of drug-likeness (QED) is 0.853. The topological polar surface area (TPSA) is 49.3 Å². The van der Waals surface area contributed by atoms with Gasteiger partial charge in [0.15, 0.2) is 0 Å². The van der Waals surface area contributed by atoms with Crippen molar-refractivity contribution in [3.8, 4) is 11.8 Å². The zero-order chi connectivity index (χ0) is 15.1. The van der Waals surface area contributed by atoms with Gasteiger partial charge in [-0.25, -0.2) is 0 Å². The summed E-state index contributed by atoms with van der Waals surface area (Å²) < 4.78 is 0. The molecule has 0 aliphatic heterocycles. The molecule has 2 N–H and O–H groups in total. The molecule has 108 valence electrons. The number of thiophene rings is 1. The van der Waals surface area contributed by atoms with Crippen molar-refractivity contribution in [1.82, 2.24) is 5.32 Å². The monoisotopic (exact) mass is 299 g/mol. The SMILES string of the molecule is CCc1ccccc1C(=O)NCc1cc(C#CCO)cs1. The number of hydrogen-bond acceptors (Lipinski definition) is 3. The summed E-state index contributed by atoms with van der Waals surface area (Å²) in [6.07, 6.45) is 0.837. The standard InChI is InChI=1S/C17H17NO2S/c1-2-14-7-3-4-8-16(14)17(20)18-11-15-10-13(12-21-15)6-5-9-19/h3-4,7-8,10,12,19H,2,9,11H2,1H3,(H,18,20). The molecule has 0 spiro atoms. The van der Waals surface area contributed by atoms with Crippen molar-refractivity contribution in [2.45, 2.75) is 19.9 Å². The Hall–Kier alpha value is -2.09. The fourth-order valence-electron chi connectivity index (χ4n) is 1.99. The van der Waals surface area contributed by atoms with Crippen LogP contribution >= 0.6 is 11.3 Å². The maximum absolute atomic E-state index is 12.2. The summed E-state index contributed by atoms with van der Waals surface area (Å²) >= 11 is 1.55. The average Bonchev–Trinajstić information content (AvgIpc) is 2.98. The van der Waals surface area contributed by atoms with Gasteiger partial charge in [-0.1, -0.05) is 37.0 Å². The Balaban J connectivity index is 1.99. The first-order valence-electron chi connectivity index (χ1n) is 6.77. The van der Waals surface area contributed by atoms with Gasteiger partial charge in [0.25, 0.3) is 5.91 Å². The molecule has 0 atom stereocenters. The van der Waals surface area contributed by atoms with Crippen LogP contribution < -0.4 is 5.32 Å². The maximum atomic E-state index is 12.2. The molecule has 1 heterocycles. The minimum Gasteiger partial charge on any atom is -0.384 e. The van der Waals surface area contributed by atoms with Gasteiger partial charge in [-0.2, -0.15) is 0 Å². The fourth-order valence-corrected chi connectivity index (χ4v) is 2.75. The number of nitrogens with one attached hydrogen (secondary N) is 1. The third-order valence-electron chi connectivity index (χ3n) is 3.03. The van der Waals surface area contributed by atoms with Crippen LogP contribution in [0, 0.1) is 11.8 Å². The first-order chi connectivity index (χ1) is 10.2. The molecule has 0 fully saturated rings. The Morgan fingerprint density at radius 1 is 1.38 bits per heavy atom. The second-order valence-electron chi connectivity index (χ2n) is 4.45. The van der Waals surface area contributed by atoms with Gasteiger partial charge in [0, 0.05) is 21.4 Å². The Bertz CT molecular complexity index is 679. The Labute approximate surface area is 128 Å². The van der Waals surface area contributed by atoms with Crippen molar-refractivity contribution < 1.29 is 9.90 Å². The zero-order valence-electron chi connectivity index (χ0n) is 11.8. The van der Waals surface area contributed by atoms with E-state index in [2.05, 4.69) is 17.2 Å². The van der Waals surface area contributed by atoms with E-state index in [1.165, 1.54) is 0 Å². The normalized spacial score (nSPS) is 9.81. The molecule has 1 aromatic heterocycles. The molecule has 0 bridgehead atoms. The molecule has 0 saturated carbocycles. The van der Waals surface area contributed by atoms with Gasteiger partial charge in [-0.15, -0.1) is 11.3 Å². The van der Waals surface area contributed by atoms with Crippen molar-refractivity contribution >= 4 is 17.2 Å². The van der Waals surface area contributed by atoms with Crippen molar-refractivity contribution in [3.05, 3.63) is 57.3 Å². The van der Waals surface area contributed by atoms with E-state index in [0.29, 0.717) is 6.54 Å². The fraction of sp³-hybridized carbons (Fsp3) is 0.235. The highest BCUT2D eigenvalue weighted by Crippen LogP contribution is 2.14. The number of carbonyl (C=O) groups is 1. The minimum absolute atomic E-state index is 0.0520. The molecule has 1 aromatic carbocycles. The molecule has 1 amide bonds. The number of amides is 1. The lowest BCUT2D eigenvalue weighted by Gasteiger charge is -2.07. The van der Waals surface area contributed by atoms with Gasteiger partial charge in [-0.05, 0) is 24.1 Å². The van der Waals surface area contributed by atoms with E-state index in [1.54, 1.807) is 11.3 Å². The second kappa shape index (κ2) is 7.63. The summed E-state index contributed by atoms with van der Waals surface area (Å²) in [5.74, 6) is 5.41. The summed E-state index contributed by atoms with van der Waals surface area (Å²) in [6.45, 7) is 2.38. The molecule has 3 nitrogen and oxygen atoms in total. The number of carbonyl (C=O) groups excluding carboxylic acids is 1. The predicted molar refractivity (Wildman–Crippen MR) is 85.3 cm³/mol. The summed E-state index contributed by atoms with van der Waals surface area (Å²) in [4.78, 5) is 13.3. The van der Waals surface area contributed by atoms with Crippen molar-refractivity contribution in [3.63, 3.8) is 0 Å². The minimum atomic E-state index is -0.143. The van der Waals surface area contributed by atoms with Crippen LogP contribution in [0.2, 0.25) is 0 Å². The molecule has 21 heavy (non-hydrogen) atoms.